The minimum Gasteiger partial charge on any atom is -0.480 e. The average Bonchev–Trinajstić information content (AvgIpc) is 1.82. The van der Waals surface area contributed by atoms with E-state index in [1.807, 2.05) is 18.7 Å². The number of likely N-dealkylation sites (N-methyl/N-ethyl adjacent to an activating group) is 1. The minimum absolute atomic E-state index is 0. The van der Waals surface area contributed by atoms with Crippen molar-refractivity contribution in [2.24, 2.45) is 0 Å². The molecule has 0 spiro atoms. The molecule has 0 atom stereocenters. The van der Waals surface area contributed by atoms with Gasteiger partial charge in [0.05, 0.1) is 6.54 Å². The first-order chi connectivity index (χ1) is 4.20. The fraction of sp³-hybridized carbons (Fsp3) is 0.833. The Balaban J connectivity index is 0. The van der Waals surface area contributed by atoms with E-state index < -0.39 is 5.97 Å². The SMILES string of the molecule is CCN(CC)CC(=O)O.Cl. The van der Waals surface area contributed by atoms with E-state index in [0.717, 1.165) is 13.1 Å². The first-order valence-electron chi connectivity index (χ1n) is 3.14. The van der Waals surface area contributed by atoms with Crippen molar-refractivity contribution in [1.29, 1.82) is 0 Å². The lowest BCUT2D eigenvalue weighted by Crippen LogP contribution is -2.29. The van der Waals surface area contributed by atoms with Crippen LogP contribution in [0.4, 0.5) is 0 Å². The molecule has 0 radical (unpaired) electrons. The van der Waals surface area contributed by atoms with E-state index in [1.165, 1.54) is 0 Å². The number of hydrogen-bond donors (Lipinski definition) is 1. The third kappa shape index (κ3) is 5.85. The van der Waals surface area contributed by atoms with Crippen LogP contribution in [0.3, 0.4) is 0 Å². The van der Waals surface area contributed by atoms with E-state index in [-0.39, 0.29) is 19.0 Å². The highest BCUT2D eigenvalue weighted by molar-refractivity contribution is 5.85. The monoisotopic (exact) mass is 167 g/mol. The van der Waals surface area contributed by atoms with Crippen molar-refractivity contribution in [2.75, 3.05) is 19.6 Å². The number of hydrogen-bond acceptors (Lipinski definition) is 2. The number of aliphatic carboxylic acids is 1. The van der Waals surface area contributed by atoms with Crippen molar-refractivity contribution in [3.8, 4) is 0 Å². The molecular formula is C6H14ClNO2. The second-order valence-electron chi connectivity index (χ2n) is 1.86. The summed E-state index contributed by atoms with van der Waals surface area (Å²) in [6.07, 6.45) is 0. The first-order valence-corrected chi connectivity index (χ1v) is 3.14. The lowest BCUT2D eigenvalue weighted by molar-refractivity contribution is -0.138. The Morgan fingerprint density at radius 2 is 1.80 bits per heavy atom. The Morgan fingerprint density at radius 1 is 1.40 bits per heavy atom. The largest absolute Gasteiger partial charge is 0.480 e. The second-order valence-corrected chi connectivity index (χ2v) is 1.86. The molecular weight excluding hydrogens is 154 g/mol. The fourth-order valence-corrected chi connectivity index (χ4v) is 0.639. The predicted molar refractivity (Wildman–Crippen MR) is 42.7 cm³/mol. The zero-order valence-corrected chi connectivity index (χ0v) is 7.15. The third-order valence-corrected chi connectivity index (χ3v) is 1.25. The highest BCUT2D eigenvalue weighted by Crippen LogP contribution is 1.84. The molecule has 0 bridgehead atoms. The Morgan fingerprint density at radius 3 is 1.90 bits per heavy atom. The van der Waals surface area contributed by atoms with E-state index in [9.17, 15) is 4.79 Å². The standard InChI is InChI=1S/C6H13NO2.ClH/c1-3-7(4-2)5-6(8)9;/h3-5H2,1-2H3,(H,8,9);1H. The van der Waals surface area contributed by atoms with Gasteiger partial charge in [0.25, 0.3) is 0 Å². The maximum atomic E-state index is 10.1. The average molecular weight is 168 g/mol. The predicted octanol–water partition coefficient (Wildman–Crippen LogP) is 0.835. The van der Waals surface area contributed by atoms with Gasteiger partial charge < -0.3 is 5.11 Å². The zero-order valence-electron chi connectivity index (χ0n) is 6.33. The quantitative estimate of drug-likeness (QED) is 0.675. The fourth-order valence-electron chi connectivity index (χ4n) is 0.639. The Hall–Kier alpha value is -0.280. The van der Waals surface area contributed by atoms with Gasteiger partial charge in [-0.1, -0.05) is 13.8 Å². The van der Waals surface area contributed by atoms with Gasteiger partial charge in [0.2, 0.25) is 0 Å². The van der Waals surface area contributed by atoms with E-state index in [0.29, 0.717) is 0 Å². The number of halogens is 1. The van der Waals surface area contributed by atoms with Crippen molar-refractivity contribution < 1.29 is 9.90 Å². The molecule has 62 valence electrons. The third-order valence-electron chi connectivity index (χ3n) is 1.25. The summed E-state index contributed by atoms with van der Waals surface area (Å²) in [5.74, 6) is -0.751. The van der Waals surface area contributed by atoms with Gasteiger partial charge in [-0.15, -0.1) is 12.4 Å². The smallest absolute Gasteiger partial charge is 0.317 e. The number of carboxylic acids is 1. The molecule has 0 fully saturated rings. The Bertz CT molecular complexity index is 93.7. The normalized spacial score (nSPS) is 9.10. The second kappa shape index (κ2) is 6.83. The van der Waals surface area contributed by atoms with Crippen molar-refractivity contribution >= 4 is 18.4 Å². The molecule has 0 unspecified atom stereocenters. The van der Waals surface area contributed by atoms with E-state index in [4.69, 9.17) is 5.11 Å². The van der Waals surface area contributed by atoms with Crippen LogP contribution in [0.1, 0.15) is 13.8 Å². The summed E-state index contributed by atoms with van der Waals surface area (Å²) >= 11 is 0. The topological polar surface area (TPSA) is 40.5 Å². The molecule has 1 N–H and O–H groups in total. The van der Waals surface area contributed by atoms with Gasteiger partial charge in [0.15, 0.2) is 0 Å². The van der Waals surface area contributed by atoms with Crippen molar-refractivity contribution in [2.45, 2.75) is 13.8 Å². The number of carbonyl (C=O) groups is 1. The summed E-state index contributed by atoms with van der Waals surface area (Å²) in [4.78, 5) is 11.9. The van der Waals surface area contributed by atoms with Crippen LogP contribution in [-0.4, -0.2) is 35.6 Å². The summed E-state index contributed by atoms with van der Waals surface area (Å²) in [5, 5.41) is 8.30. The van der Waals surface area contributed by atoms with E-state index in [2.05, 4.69) is 0 Å². The van der Waals surface area contributed by atoms with Crippen LogP contribution in [-0.2, 0) is 4.79 Å². The van der Waals surface area contributed by atoms with Crippen LogP contribution >= 0.6 is 12.4 Å². The molecule has 0 aromatic carbocycles. The molecule has 10 heavy (non-hydrogen) atoms. The number of rotatable bonds is 4. The van der Waals surface area contributed by atoms with Crippen molar-refractivity contribution in [3.63, 3.8) is 0 Å². The van der Waals surface area contributed by atoms with Crippen LogP contribution in [0.25, 0.3) is 0 Å². The van der Waals surface area contributed by atoms with Gasteiger partial charge in [-0.05, 0) is 13.1 Å². The molecule has 0 aliphatic rings. The summed E-state index contributed by atoms with van der Waals surface area (Å²) < 4.78 is 0. The summed E-state index contributed by atoms with van der Waals surface area (Å²) in [6.45, 7) is 5.68. The maximum Gasteiger partial charge on any atom is 0.317 e. The number of carboxylic acid groups (broad SMARTS) is 1. The molecule has 0 rings (SSSR count). The van der Waals surface area contributed by atoms with Crippen LogP contribution in [0.2, 0.25) is 0 Å². The van der Waals surface area contributed by atoms with Gasteiger partial charge in [0, 0.05) is 0 Å². The van der Waals surface area contributed by atoms with E-state index >= 15 is 0 Å². The number of nitrogens with zero attached hydrogens (tertiary/aromatic N) is 1. The summed E-state index contributed by atoms with van der Waals surface area (Å²) in [5.41, 5.74) is 0. The van der Waals surface area contributed by atoms with Crippen molar-refractivity contribution in [3.05, 3.63) is 0 Å². The molecule has 0 heterocycles. The van der Waals surface area contributed by atoms with Gasteiger partial charge in [-0.2, -0.15) is 0 Å². The maximum absolute atomic E-state index is 10.1. The van der Waals surface area contributed by atoms with Crippen LogP contribution in [0.15, 0.2) is 0 Å². The lowest BCUT2D eigenvalue weighted by atomic mass is 10.5. The molecule has 0 aromatic rings. The van der Waals surface area contributed by atoms with Gasteiger partial charge in [-0.3, -0.25) is 9.69 Å². The molecule has 3 nitrogen and oxygen atoms in total. The molecule has 0 saturated carbocycles. The Kier molecular flexibility index (Phi) is 8.48. The van der Waals surface area contributed by atoms with Crippen LogP contribution in [0.5, 0.6) is 0 Å². The molecule has 0 amide bonds. The molecule has 0 aliphatic heterocycles. The van der Waals surface area contributed by atoms with Crippen molar-refractivity contribution in [1.82, 2.24) is 4.90 Å². The zero-order chi connectivity index (χ0) is 7.28. The van der Waals surface area contributed by atoms with Gasteiger partial charge in [0.1, 0.15) is 0 Å². The summed E-state index contributed by atoms with van der Waals surface area (Å²) in [6, 6.07) is 0. The highest BCUT2D eigenvalue weighted by Gasteiger charge is 2.02. The molecule has 0 saturated heterocycles. The summed E-state index contributed by atoms with van der Waals surface area (Å²) in [7, 11) is 0. The molecule has 0 aliphatic carbocycles. The highest BCUT2D eigenvalue weighted by atomic mass is 35.5. The molecule has 0 aromatic heterocycles. The lowest BCUT2D eigenvalue weighted by Gasteiger charge is -2.13. The molecule has 4 heteroatoms. The first kappa shape index (κ1) is 12.4. The Labute approximate surface area is 67.4 Å². The van der Waals surface area contributed by atoms with Crippen LogP contribution in [0, 0.1) is 0 Å². The van der Waals surface area contributed by atoms with Gasteiger partial charge >= 0.3 is 5.97 Å². The van der Waals surface area contributed by atoms with E-state index in [1.54, 1.807) is 0 Å². The van der Waals surface area contributed by atoms with Crippen LogP contribution < -0.4 is 0 Å². The van der Waals surface area contributed by atoms with Gasteiger partial charge in [-0.25, -0.2) is 0 Å². The minimum atomic E-state index is -0.751.